The van der Waals surface area contributed by atoms with E-state index in [9.17, 15) is 24.3 Å². The van der Waals surface area contributed by atoms with E-state index in [4.69, 9.17) is 9.84 Å². The van der Waals surface area contributed by atoms with Gasteiger partial charge < -0.3 is 35.5 Å². The van der Waals surface area contributed by atoms with Gasteiger partial charge in [0.25, 0.3) is 0 Å². The highest BCUT2D eigenvalue weighted by atomic mass is 32.1. The van der Waals surface area contributed by atoms with Crippen molar-refractivity contribution in [2.45, 2.75) is 84.7 Å². The van der Waals surface area contributed by atoms with Crippen LogP contribution in [0.15, 0.2) is 90.6 Å². The van der Waals surface area contributed by atoms with Crippen LogP contribution < -0.4 is 10.6 Å². The van der Waals surface area contributed by atoms with Crippen LogP contribution in [0.25, 0.3) is 27.4 Å². The van der Waals surface area contributed by atoms with Crippen molar-refractivity contribution in [1.29, 1.82) is 0 Å². The molecule has 0 bridgehead atoms. The zero-order chi connectivity index (χ0) is 45.1. The van der Waals surface area contributed by atoms with Crippen molar-refractivity contribution in [2.75, 3.05) is 39.5 Å². The Hall–Kier alpha value is -5.51. The number of nitrogens with one attached hydrogen (secondary N) is 3. The number of likely N-dealkylation sites (tertiary alicyclic amines) is 1. The number of thiazole rings is 1. The Balaban J connectivity index is 1.01. The molecule has 13 nitrogen and oxygen atoms in total. The second-order valence-corrected chi connectivity index (χ2v) is 18.2. The van der Waals surface area contributed by atoms with Crippen molar-refractivity contribution >= 4 is 51.8 Å². The average molecular weight is 877 g/mol. The number of nitrogens with zero attached hydrogens (tertiary/aromatic N) is 3. The first-order valence-electron chi connectivity index (χ1n) is 21.5. The second kappa shape index (κ2) is 21.7. The number of para-hydroxylation sites is 1. The Morgan fingerprint density at radius 3 is 2.46 bits per heavy atom. The fraction of sp³-hybridized carbons (Fsp3) is 0.408. The summed E-state index contributed by atoms with van der Waals surface area (Å²) in [6.07, 6.45) is 5.18. The standard InChI is InChI=1S/C49H60N6O7S/c1-32(36-15-17-37(18-16-36)45-33(2)51-31-63-45)52-47(60)43-26-40(58)29-55(43)48(61)46(49(3,4)5)53-44(59)21-24-62-25-23-54(22-20-38-27-50-42-9-7-6-8-41(38)42)28-35-12-10-34(11-13-35)14-19-39(57)30-56/h6-19,27,31-32,40,43,46,50,56,58H,20-26,28-30H2,1-5H3,(H,52,60)(H,53,59)/b19-14+/t32-,40+,43-,46?/m0/s1. The first-order valence-corrected chi connectivity index (χ1v) is 22.4. The zero-order valence-corrected chi connectivity index (χ0v) is 37.6. The lowest BCUT2D eigenvalue weighted by atomic mass is 9.85. The Bertz CT molecular complexity index is 2350. The number of fused-ring (bicyclic) bond motifs is 1. The summed E-state index contributed by atoms with van der Waals surface area (Å²) in [6, 6.07) is 21.9. The monoisotopic (exact) mass is 876 g/mol. The number of rotatable bonds is 20. The molecule has 3 amide bonds. The number of aryl methyl sites for hydroxylation is 1. The number of carbonyl (C=O) groups excluding carboxylic acids is 4. The van der Waals surface area contributed by atoms with Gasteiger partial charge in [0, 0.05) is 56.1 Å². The molecular formula is C49H60N6O7S. The van der Waals surface area contributed by atoms with E-state index >= 15 is 0 Å². The van der Waals surface area contributed by atoms with Gasteiger partial charge in [0.15, 0.2) is 5.78 Å². The molecule has 1 aliphatic heterocycles. The molecule has 2 aromatic heterocycles. The first-order chi connectivity index (χ1) is 30.2. The summed E-state index contributed by atoms with van der Waals surface area (Å²) in [5, 5.41) is 26.9. The SMILES string of the molecule is Cc1ncsc1-c1ccc([C@H](C)NC(=O)[C@@H]2C[C@@H](O)CN2C(=O)C(NC(=O)CCOCCN(CCc2c[nH]c3ccccc23)Cc2ccc(/C=C/C(=O)CO)cc2)C(C)(C)C)cc1. The molecule has 1 fully saturated rings. The maximum Gasteiger partial charge on any atom is 0.246 e. The minimum absolute atomic E-state index is 0.0105. The Morgan fingerprint density at radius 2 is 1.76 bits per heavy atom. The van der Waals surface area contributed by atoms with E-state index < -0.39 is 36.1 Å². The molecule has 5 aromatic rings. The number of H-pyrrole nitrogens is 1. The Kier molecular flexibility index (Phi) is 16.2. The molecule has 334 valence electrons. The Morgan fingerprint density at radius 1 is 1.02 bits per heavy atom. The number of amides is 3. The summed E-state index contributed by atoms with van der Waals surface area (Å²) < 4.78 is 6.00. The van der Waals surface area contributed by atoms with Gasteiger partial charge in [-0.15, -0.1) is 11.3 Å². The summed E-state index contributed by atoms with van der Waals surface area (Å²) in [5.41, 5.74) is 8.30. The third-order valence-corrected chi connectivity index (χ3v) is 12.4. The van der Waals surface area contributed by atoms with Gasteiger partial charge >= 0.3 is 0 Å². The third kappa shape index (κ3) is 12.8. The smallest absolute Gasteiger partial charge is 0.246 e. The van der Waals surface area contributed by atoms with Crippen LogP contribution in [0.5, 0.6) is 0 Å². The molecule has 63 heavy (non-hydrogen) atoms. The van der Waals surface area contributed by atoms with Crippen LogP contribution in [0.2, 0.25) is 0 Å². The predicted octanol–water partition coefficient (Wildman–Crippen LogP) is 6.00. The summed E-state index contributed by atoms with van der Waals surface area (Å²) in [6.45, 7) is 11.5. The number of hydrogen-bond donors (Lipinski definition) is 5. The molecule has 1 unspecified atom stereocenters. The number of ether oxygens (including phenoxy) is 1. The van der Waals surface area contributed by atoms with E-state index in [1.165, 1.54) is 21.9 Å². The maximum absolute atomic E-state index is 14.2. The van der Waals surface area contributed by atoms with Gasteiger partial charge in [-0.05, 0) is 65.6 Å². The lowest BCUT2D eigenvalue weighted by Crippen LogP contribution is -2.58. The van der Waals surface area contributed by atoms with Crippen molar-refractivity contribution in [2.24, 2.45) is 5.41 Å². The summed E-state index contributed by atoms with van der Waals surface area (Å²) in [7, 11) is 0. The minimum Gasteiger partial charge on any atom is -0.391 e. The van der Waals surface area contributed by atoms with Crippen LogP contribution in [0, 0.1) is 12.3 Å². The molecule has 4 atom stereocenters. The number of ketones is 1. The maximum atomic E-state index is 14.2. The molecule has 1 aliphatic rings. The number of benzene rings is 3. The number of aliphatic hydroxyl groups excluding tert-OH is 2. The highest BCUT2D eigenvalue weighted by Crippen LogP contribution is 2.30. The van der Waals surface area contributed by atoms with E-state index in [0.29, 0.717) is 19.7 Å². The fourth-order valence-electron chi connectivity index (χ4n) is 7.83. The fourth-order valence-corrected chi connectivity index (χ4v) is 8.64. The van der Waals surface area contributed by atoms with Gasteiger partial charge in [-0.3, -0.25) is 24.1 Å². The molecule has 3 aromatic carbocycles. The molecule has 6 rings (SSSR count). The molecular weight excluding hydrogens is 817 g/mol. The number of carbonyl (C=O) groups is 4. The highest BCUT2D eigenvalue weighted by Gasteiger charge is 2.44. The van der Waals surface area contributed by atoms with Crippen LogP contribution in [-0.4, -0.2) is 111 Å². The molecule has 14 heteroatoms. The van der Waals surface area contributed by atoms with Gasteiger partial charge in [0.1, 0.15) is 18.7 Å². The number of β-amino-alcohol motifs (C(OH)–C–C–N with tert-alkyl or cyclic N) is 1. The lowest BCUT2D eigenvalue weighted by Gasteiger charge is -2.35. The second-order valence-electron chi connectivity index (χ2n) is 17.3. The molecule has 0 saturated carbocycles. The van der Waals surface area contributed by atoms with Gasteiger partial charge in [0.2, 0.25) is 17.7 Å². The normalized spacial score (nSPS) is 16.5. The van der Waals surface area contributed by atoms with E-state index in [-0.39, 0.29) is 49.6 Å². The van der Waals surface area contributed by atoms with Crippen molar-refractivity contribution in [1.82, 2.24) is 30.4 Å². The first kappa shape index (κ1) is 47.0. The zero-order valence-electron chi connectivity index (χ0n) is 36.8. The Labute approximate surface area is 373 Å². The van der Waals surface area contributed by atoms with E-state index in [1.807, 2.05) is 101 Å². The molecule has 0 aliphatic carbocycles. The predicted molar refractivity (Wildman–Crippen MR) is 247 cm³/mol. The lowest BCUT2D eigenvalue weighted by molar-refractivity contribution is -0.144. The minimum atomic E-state index is -0.942. The van der Waals surface area contributed by atoms with Crippen LogP contribution in [0.3, 0.4) is 0 Å². The molecule has 3 heterocycles. The number of aromatic nitrogens is 2. The van der Waals surface area contributed by atoms with Gasteiger partial charge in [-0.1, -0.05) is 93.6 Å². The largest absolute Gasteiger partial charge is 0.391 e. The summed E-state index contributed by atoms with van der Waals surface area (Å²) >= 11 is 1.58. The summed E-state index contributed by atoms with van der Waals surface area (Å²) in [5.74, 6) is -1.48. The molecule has 0 spiro atoms. The van der Waals surface area contributed by atoms with Crippen molar-refractivity contribution in [3.63, 3.8) is 0 Å². The van der Waals surface area contributed by atoms with E-state index in [0.717, 1.165) is 51.3 Å². The van der Waals surface area contributed by atoms with E-state index in [1.54, 1.807) is 17.4 Å². The van der Waals surface area contributed by atoms with Gasteiger partial charge in [-0.2, -0.15) is 0 Å². The number of hydrogen-bond acceptors (Lipinski definition) is 10. The molecule has 5 N–H and O–H groups in total. The quantitative estimate of drug-likeness (QED) is 0.0464. The average Bonchev–Trinajstić information content (AvgIpc) is 4.01. The van der Waals surface area contributed by atoms with Crippen LogP contribution in [0.4, 0.5) is 0 Å². The summed E-state index contributed by atoms with van der Waals surface area (Å²) in [4.78, 5) is 65.3. The van der Waals surface area contributed by atoms with Crippen LogP contribution >= 0.6 is 11.3 Å². The molecule has 1 saturated heterocycles. The van der Waals surface area contributed by atoms with Crippen LogP contribution in [-0.2, 0) is 36.9 Å². The number of aliphatic hydroxyl groups is 2. The topological polar surface area (TPSA) is 177 Å². The highest BCUT2D eigenvalue weighted by molar-refractivity contribution is 7.13. The van der Waals surface area contributed by atoms with Gasteiger partial charge in [0.05, 0.1) is 41.4 Å². The van der Waals surface area contributed by atoms with E-state index in [2.05, 4.69) is 43.8 Å². The third-order valence-electron chi connectivity index (χ3n) is 11.5. The van der Waals surface area contributed by atoms with Gasteiger partial charge in [-0.25, -0.2) is 4.98 Å². The van der Waals surface area contributed by atoms with Crippen molar-refractivity contribution < 1.29 is 34.1 Å². The van der Waals surface area contributed by atoms with Crippen molar-refractivity contribution in [3.8, 4) is 10.4 Å². The van der Waals surface area contributed by atoms with Crippen molar-refractivity contribution in [3.05, 3.63) is 119 Å². The van der Waals surface area contributed by atoms with Crippen LogP contribution in [0.1, 0.15) is 74.5 Å². The number of aromatic amines is 1. The molecule has 0 radical (unpaired) electrons.